The summed E-state index contributed by atoms with van der Waals surface area (Å²) < 4.78 is 2.21. The Bertz CT molecular complexity index is 1090. The van der Waals surface area contributed by atoms with Crippen molar-refractivity contribution >= 4 is 35.1 Å². The van der Waals surface area contributed by atoms with Crippen LogP contribution in [0, 0.1) is 0 Å². The monoisotopic (exact) mass is 482 g/mol. The maximum Gasteiger partial charge on any atom is 0.233 e. The van der Waals surface area contributed by atoms with Crippen molar-refractivity contribution in [3.8, 4) is 11.4 Å². The van der Waals surface area contributed by atoms with Crippen LogP contribution in [-0.4, -0.2) is 62.5 Å². The number of benzene rings is 1. The number of pyridine rings is 1. The van der Waals surface area contributed by atoms with Crippen LogP contribution in [0.1, 0.15) is 31.7 Å². The highest BCUT2D eigenvalue weighted by molar-refractivity contribution is 7.99. The molecule has 3 aromatic rings. The molecule has 3 heterocycles. The van der Waals surface area contributed by atoms with Crippen LogP contribution in [0.2, 0.25) is 5.02 Å². The van der Waals surface area contributed by atoms with Crippen LogP contribution in [0.15, 0.2) is 53.8 Å². The average Bonchev–Trinajstić information content (AvgIpc) is 3.53. The van der Waals surface area contributed by atoms with Crippen molar-refractivity contribution in [3.63, 3.8) is 0 Å². The second-order valence-electron chi connectivity index (χ2n) is 8.44. The first-order valence-electron chi connectivity index (χ1n) is 11.5. The van der Waals surface area contributed by atoms with E-state index in [-0.39, 0.29) is 5.91 Å². The van der Waals surface area contributed by atoms with Crippen molar-refractivity contribution in [1.82, 2.24) is 24.6 Å². The molecule has 1 aliphatic carbocycles. The lowest BCUT2D eigenvalue weighted by Gasteiger charge is -2.35. The maximum absolute atomic E-state index is 13.0. The molecule has 1 aliphatic heterocycles. The van der Waals surface area contributed by atoms with Crippen LogP contribution in [0.3, 0.4) is 0 Å². The van der Waals surface area contributed by atoms with Gasteiger partial charge in [0.2, 0.25) is 5.91 Å². The molecule has 5 rings (SSSR count). The summed E-state index contributed by atoms with van der Waals surface area (Å²) in [5.41, 5.74) is 0.891. The predicted molar refractivity (Wildman–Crippen MR) is 132 cm³/mol. The first-order chi connectivity index (χ1) is 16.2. The second-order valence-corrected chi connectivity index (χ2v) is 9.79. The zero-order valence-electron chi connectivity index (χ0n) is 18.4. The normalized spacial score (nSPS) is 17.0. The molecule has 2 aromatic heterocycles. The number of piperazine rings is 1. The Labute approximate surface area is 203 Å². The summed E-state index contributed by atoms with van der Waals surface area (Å²) in [4.78, 5) is 21.6. The first-order valence-corrected chi connectivity index (χ1v) is 12.8. The number of carbonyl (C=O) groups is 1. The molecule has 0 N–H and O–H groups in total. The molecular weight excluding hydrogens is 456 g/mol. The Morgan fingerprint density at radius 3 is 2.48 bits per heavy atom. The largest absolute Gasteiger partial charge is 0.353 e. The zero-order valence-corrected chi connectivity index (χ0v) is 20.0. The third kappa shape index (κ3) is 4.87. The average molecular weight is 483 g/mol. The van der Waals surface area contributed by atoms with Crippen molar-refractivity contribution in [2.75, 3.05) is 36.8 Å². The number of amides is 1. The van der Waals surface area contributed by atoms with Gasteiger partial charge >= 0.3 is 0 Å². The van der Waals surface area contributed by atoms with Crippen molar-refractivity contribution in [1.29, 1.82) is 0 Å². The zero-order chi connectivity index (χ0) is 22.6. The molecule has 0 unspecified atom stereocenters. The predicted octanol–water partition coefficient (Wildman–Crippen LogP) is 4.55. The molecule has 7 nitrogen and oxygen atoms in total. The Morgan fingerprint density at radius 1 is 1.00 bits per heavy atom. The van der Waals surface area contributed by atoms with Gasteiger partial charge in [-0.1, -0.05) is 54.4 Å². The van der Waals surface area contributed by atoms with Gasteiger partial charge < -0.3 is 9.80 Å². The quantitative estimate of drug-likeness (QED) is 0.480. The SMILES string of the molecule is O=C(CSc1nnc(-c2ccccc2Cl)n1C1CCCC1)N1CCN(c2ccccn2)CC1. The molecule has 0 bridgehead atoms. The van der Waals surface area contributed by atoms with E-state index in [1.165, 1.54) is 24.6 Å². The van der Waals surface area contributed by atoms with Gasteiger partial charge in [-0.25, -0.2) is 4.98 Å². The molecule has 2 fully saturated rings. The van der Waals surface area contributed by atoms with Gasteiger partial charge in [0, 0.05) is 44.0 Å². The van der Waals surface area contributed by atoms with E-state index in [2.05, 4.69) is 24.6 Å². The number of halogens is 1. The Morgan fingerprint density at radius 2 is 1.76 bits per heavy atom. The molecule has 9 heteroatoms. The third-order valence-electron chi connectivity index (χ3n) is 6.40. The van der Waals surface area contributed by atoms with E-state index in [1.54, 1.807) is 6.20 Å². The third-order valence-corrected chi connectivity index (χ3v) is 7.66. The second kappa shape index (κ2) is 10.1. The van der Waals surface area contributed by atoms with Gasteiger partial charge in [0.15, 0.2) is 11.0 Å². The summed E-state index contributed by atoms with van der Waals surface area (Å²) in [6.45, 7) is 3.00. The minimum Gasteiger partial charge on any atom is -0.353 e. The van der Waals surface area contributed by atoms with Crippen molar-refractivity contribution in [3.05, 3.63) is 53.7 Å². The summed E-state index contributed by atoms with van der Waals surface area (Å²) >= 11 is 7.96. The van der Waals surface area contributed by atoms with E-state index in [0.29, 0.717) is 29.9 Å². The van der Waals surface area contributed by atoms with Crippen LogP contribution in [0.4, 0.5) is 5.82 Å². The summed E-state index contributed by atoms with van der Waals surface area (Å²) in [6.07, 6.45) is 6.42. The standard InChI is InChI=1S/C24H27ClN6OS/c25-20-10-4-3-9-19(20)23-27-28-24(31(23)18-7-1-2-8-18)33-17-22(32)30-15-13-29(14-16-30)21-11-5-6-12-26-21/h3-6,9-12,18H,1-2,7-8,13-17H2. The van der Waals surface area contributed by atoms with Crippen LogP contribution >= 0.6 is 23.4 Å². The van der Waals surface area contributed by atoms with Crippen molar-refractivity contribution < 1.29 is 4.79 Å². The van der Waals surface area contributed by atoms with Crippen LogP contribution in [0.5, 0.6) is 0 Å². The Hall–Kier alpha value is -2.58. The molecule has 0 radical (unpaired) electrons. The molecule has 1 amide bonds. The lowest BCUT2D eigenvalue weighted by Crippen LogP contribution is -2.49. The fourth-order valence-corrected chi connectivity index (χ4v) is 5.77. The number of carbonyl (C=O) groups excluding carboxylic acids is 1. The highest BCUT2D eigenvalue weighted by atomic mass is 35.5. The van der Waals surface area contributed by atoms with E-state index in [1.807, 2.05) is 47.4 Å². The number of rotatable bonds is 6. The number of hydrogen-bond acceptors (Lipinski definition) is 6. The molecule has 2 aliphatic rings. The number of anilines is 1. The van der Waals surface area contributed by atoms with Crippen molar-refractivity contribution in [2.24, 2.45) is 0 Å². The lowest BCUT2D eigenvalue weighted by molar-refractivity contribution is -0.128. The van der Waals surface area contributed by atoms with E-state index >= 15 is 0 Å². The van der Waals surface area contributed by atoms with Gasteiger partial charge in [-0.05, 0) is 37.1 Å². The fourth-order valence-electron chi connectivity index (χ4n) is 4.64. The lowest BCUT2D eigenvalue weighted by atomic mass is 10.2. The minimum atomic E-state index is 0.140. The summed E-state index contributed by atoms with van der Waals surface area (Å²) in [5, 5.41) is 10.4. The van der Waals surface area contributed by atoms with Crippen LogP contribution < -0.4 is 4.90 Å². The van der Waals surface area contributed by atoms with Gasteiger partial charge in [0.25, 0.3) is 0 Å². The highest BCUT2D eigenvalue weighted by Crippen LogP contribution is 2.38. The molecule has 0 spiro atoms. The van der Waals surface area contributed by atoms with Gasteiger partial charge in [0.1, 0.15) is 5.82 Å². The molecule has 33 heavy (non-hydrogen) atoms. The molecular formula is C24H27ClN6OS. The summed E-state index contributed by atoms with van der Waals surface area (Å²) in [7, 11) is 0. The fraction of sp³-hybridized carbons (Fsp3) is 0.417. The maximum atomic E-state index is 13.0. The van der Waals surface area contributed by atoms with E-state index < -0.39 is 0 Å². The molecule has 172 valence electrons. The first kappa shape index (κ1) is 22.2. The number of aromatic nitrogens is 4. The molecule has 1 saturated heterocycles. The number of nitrogens with zero attached hydrogens (tertiary/aromatic N) is 6. The van der Waals surface area contributed by atoms with E-state index in [9.17, 15) is 4.79 Å². The van der Waals surface area contributed by atoms with Gasteiger partial charge in [-0.3, -0.25) is 9.36 Å². The number of hydrogen-bond donors (Lipinski definition) is 0. The van der Waals surface area contributed by atoms with E-state index in [0.717, 1.165) is 48.3 Å². The van der Waals surface area contributed by atoms with Crippen LogP contribution in [0.25, 0.3) is 11.4 Å². The Kier molecular flexibility index (Phi) is 6.83. The summed E-state index contributed by atoms with van der Waals surface area (Å²) in [5.74, 6) is 2.26. The topological polar surface area (TPSA) is 67.2 Å². The summed E-state index contributed by atoms with van der Waals surface area (Å²) in [6, 6.07) is 14.0. The number of thioether (sulfide) groups is 1. The van der Waals surface area contributed by atoms with Crippen molar-refractivity contribution in [2.45, 2.75) is 36.9 Å². The smallest absolute Gasteiger partial charge is 0.233 e. The van der Waals surface area contributed by atoms with Gasteiger partial charge in [-0.15, -0.1) is 10.2 Å². The molecule has 1 saturated carbocycles. The van der Waals surface area contributed by atoms with Crippen LogP contribution in [-0.2, 0) is 4.79 Å². The Balaban J connectivity index is 1.26. The van der Waals surface area contributed by atoms with Gasteiger partial charge in [0.05, 0.1) is 10.8 Å². The van der Waals surface area contributed by atoms with E-state index in [4.69, 9.17) is 11.6 Å². The molecule has 1 aromatic carbocycles. The minimum absolute atomic E-state index is 0.140. The van der Waals surface area contributed by atoms with Gasteiger partial charge in [-0.2, -0.15) is 0 Å². The highest BCUT2D eigenvalue weighted by Gasteiger charge is 2.27. The molecule has 0 atom stereocenters.